The quantitative estimate of drug-likeness (QED) is 0.378. The highest BCUT2D eigenvalue weighted by atomic mass is 32.1. The molecular formula is C26H23N3O5S. The van der Waals surface area contributed by atoms with Gasteiger partial charge in [0.25, 0.3) is 5.91 Å². The lowest BCUT2D eigenvalue weighted by atomic mass is 10.1. The number of ether oxygens (including phenoxy) is 3. The zero-order chi connectivity index (χ0) is 24.0. The predicted octanol–water partition coefficient (Wildman–Crippen LogP) is 3.89. The number of carbonyl (C=O) groups excluding carboxylic acids is 2. The standard InChI is InChI=1S/C26H23N3O5S/c30-25(27-11-10-18-8-9-22-23(15-18)33-13-12-32-22)17-34-26(31)21-16-20(24-7-4-14-35-24)28-29(21)19-5-2-1-3-6-19/h1-9,14-16H,10-13,17H2,(H,27,30). The van der Waals surface area contributed by atoms with Crippen molar-refractivity contribution in [3.05, 3.63) is 83.4 Å². The number of hydrogen-bond donors (Lipinski definition) is 1. The van der Waals surface area contributed by atoms with Crippen molar-refractivity contribution in [2.45, 2.75) is 6.42 Å². The average Bonchev–Trinajstić information content (AvgIpc) is 3.58. The molecule has 0 fully saturated rings. The number of para-hydroxylation sites is 1. The number of nitrogens with zero attached hydrogens (tertiary/aromatic N) is 2. The Balaban J connectivity index is 1.19. The molecule has 0 atom stereocenters. The van der Waals surface area contributed by atoms with E-state index in [0.29, 0.717) is 37.6 Å². The van der Waals surface area contributed by atoms with E-state index >= 15 is 0 Å². The Hall–Kier alpha value is -4.11. The molecule has 0 aliphatic carbocycles. The summed E-state index contributed by atoms with van der Waals surface area (Å²) >= 11 is 1.53. The van der Waals surface area contributed by atoms with Crippen molar-refractivity contribution in [1.29, 1.82) is 0 Å². The summed E-state index contributed by atoms with van der Waals surface area (Å²) in [6.45, 7) is 1.09. The van der Waals surface area contributed by atoms with E-state index in [1.165, 1.54) is 16.0 Å². The smallest absolute Gasteiger partial charge is 0.357 e. The second kappa shape index (κ2) is 10.4. The third kappa shape index (κ3) is 5.36. The highest BCUT2D eigenvalue weighted by molar-refractivity contribution is 7.13. The molecular weight excluding hydrogens is 466 g/mol. The van der Waals surface area contributed by atoms with Gasteiger partial charge in [-0.25, -0.2) is 9.48 Å². The van der Waals surface area contributed by atoms with Gasteiger partial charge in [-0.3, -0.25) is 4.79 Å². The molecule has 2 aromatic heterocycles. The van der Waals surface area contributed by atoms with Gasteiger partial charge in [0, 0.05) is 12.6 Å². The molecule has 1 N–H and O–H groups in total. The van der Waals surface area contributed by atoms with Crippen molar-refractivity contribution in [3.8, 4) is 27.8 Å². The van der Waals surface area contributed by atoms with Crippen LogP contribution in [-0.2, 0) is 16.0 Å². The zero-order valence-electron chi connectivity index (χ0n) is 18.8. The first-order valence-corrected chi connectivity index (χ1v) is 12.1. The molecule has 9 heteroatoms. The van der Waals surface area contributed by atoms with E-state index in [1.807, 2.05) is 66.0 Å². The number of amides is 1. The van der Waals surface area contributed by atoms with E-state index < -0.39 is 5.97 Å². The minimum atomic E-state index is -0.619. The van der Waals surface area contributed by atoms with Gasteiger partial charge >= 0.3 is 5.97 Å². The Bertz CT molecular complexity index is 1320. The first kappa shape index (κ1) is 22.7. The second-order valence-corrected chi connectivity index (χ2v) is 8.74. The predicted molar refractivity (Wildman–Crippen MR) is 131 cm³/mol. The molecule has 0 unspecified atom stereocenters. The summed E-state index contributed by atoms with van der Waals surface area (Å²) in [5.41, 5.74) is 2.66. The first-order chi connectivity index (χ1) is 17.2. The van der Waals surface area contributed by atoms with Crippen LogP contribution in [0.4, 0.5) is 0 Å². The van der Waals surface area contributed by atoms with Crippen molar-refractivity contribution in [3.63, 3.8) is 0 Å². The van der Waals surface area contributed by atoms with Gasteiger partial charge in [-0.2, -0.15) is 5.10 Å². The molecule has 0 radical (unpaired) electrons. The summed E-state index contributed by atoms with van der Waals surface area (Å²) < 4.78 is 18.0. The van der Waals surface area contributed by atoms with Crippen molar-refractivity contribution >= 4 is 23.2 Å². The molecule has 0 bridgehead atoms. The Kier molecular flexibility index (Phi) is 6.76. The van der Waals surface area contributed by atoms with E-state index in [4.69, 9.17) is 14.2 Å². The minimum Gasteiger partial charge on any atom is -0.486 e. The fourth-order valence-electron chi connectivity index (χ4n) is 3.68. The molecule has 1 amide bonds. The molecule has 5 rings (SSSR count). The van der Waals surface area contributed by atoms with Gasteiger partial charge in [0.05, 0.1) is 10.6 Å². The van der Waals surface area contributed by atoms with Gasteiger partial charge in [-0.05, 0) is 47.7 Å². The van der Waals surface area contributed by atoms with Crippen LogP contribution in [0.25, 0.3) is 16.3 Å². The maximum atomic E-state index is 12.9. The van der Waals surface area contributed by atoms with Crippen LogP contribution in [0.15, 0.2) is 72.1 Å². The fraction of sp³-hybridized carbons (Fsp3) is 0.192. The number of nitrogens with one attached hydrogen (secondary N) is 1. The van der Waals surface area contributed by atoms with Crippen molar-refractivity contribution in [1.82, 2.24) is 15.1 Å². The topological polar surface area (TPSA) is 91.7 Å². The summed E-state index contributed by atoms with van der Waals surface area (Å²) in [4.78, 5) is 26.1. The Morgan fingerprint density at radius 3 is 2.63 bits per heavy atom. The van der Waals surface area contributed by atoms with E-state index in [1.54, 1.807) is 6.07 Å². The summed E-state index contributed by atoms with van der Waals surface area (Å²) in [5.74, 6) is 0.449. The molecule has 178 valence electrons. The molecule has 1 aliphatic heterocycles. The fourth-order valence-corrected chi connectivity index (χ4v) is 4.36. The van der Waals surface area contributed by atoms with Crippen LogP contribution in [-0.4, -0.2) is 48.0 Å². The summed E-state index contributed by atoms with van der Waals surface area (Å²) in [6.07, 6.45) is 0.612. The number of hydrogen-bond acceptors (Lipinski definition) is 7. The molecule has 0 spiro atoms. The largest absolute Gasteiger partial charge is 0.486 e. The monoisotopic (exact) mass is 489 g/mol. The van der Waals surface area contributed by atoms with Crippen LogP contribution in [0, 0.1) is 0 Å². The highest BCUT2D eigenvalue weighted by Gasteiger charge is 2.20. The van der Waals surface area contributed by atoms with Gasteiger partial charge in [0.1, 0.15) is 18.9 Å². The van der Waals surface area contributed by atoms with Crippen molar-refractivity contribution in [2.24, 2.45) is 0 Å². The Morgan fingerprint density at radius 1 is 1.00 bits per heavy atom. The van der Waals surface area contributed by atoms with Gasteiger partial charge in [0.2, 0.25) is 0 Å². The van der Waals surface area contributed by atoms with Crippen molar-refractivity contribution in [2.75, 3.05) is 26.4 Å². The lowest BCUT2D eigenvalue weighted by molar-refractivity contribution is -0.124. The Labute approximate surface area is 206 Å². The number of carbonyl (C=O) groups is 2. The lowest BCUT2D eigenvalue weighted by Gasteiger charge is -2.18. The van der Waals surface area contributed by atoms with Gasteiger partial charge < -0.3 is 19.5 Å². The third-order valence-corrected chi connectivity index (χ3v) is 6.26. The molecule has 8 nitrogen and oxygen atoms in total. The molecule has 35 heavy (non-hydrogen) atoms. The molecule has 4 aromatic rings. The number of aromatic nitrogens is 2. The summed E-state index contributed by atoms with van der Waals surface area (Å²) in [5, 5.41) is 9.32. The second-order valence-electron chi connectivity index (χ2n) is 7.79. The highest BCUT2D eigenvalue weighted by Crippen LogP contribution is 2.31. The maximum Gasteiger partial charge on any atom is 0.357 e. The molecule has 2 aromatic carbocycles. The maximum absolute atomic E-state index is 12.9. The number of benzene rings is 2. The number of rotatable bonds is 8. The SMILES string of the molecule is O=C(COC(=O)c1cc(-c2cccs2)nn1-c1ccccc1)NCCc1ccc2c(c1)OCCO2. The molecule has 3 heterocycles. The molecule has 0 saturated carbocycles. The zero-order valence-corrected chi connectivity index (χ0v) is 19.6. The van der Waals surface area contributed by atoms with Crippen LogP contribution in [0.2, 0.25) is 0 Å². The summed E-state index contributed by atoms with van der Waals surface area (Å²) in [6, 6.07) is 20.6. The number of esters is 1. The van der Waals surface area contributed by atoms with E-state index in [-0.39, 0.29) is 18.2 Å². The van der Waals surface area contributed by atoms with E-state index in [2.05, 4.69) is 10.4 Å². The van der Waals surface area contributed by atoms with Crippen LogP contribution < -0.4 is 14.8 Å². The van der Waals surface area contributed by atoms with Crippen LogP contribution in [0.1, 0.15) is 16.1 Å². The average molecular weight is 490 g/mol. The van der Waals surface area contributed by atoms with Crippen LogP contribution >= 0.6 is 11.3 Å². The van der Waals surface area contributed by atoms with Crippen molar-refractivity contribution < 1.29 is 23.8 Å². The van der Waals surface area contributed by atoms with Gasteiger partial charge in [0.15, 0.2) is 23.8 Å². The van der Waals surface area contributed by atoms with E-state index in [0.717, 1.165) is 21.9 Å². The Morgan fingerprint density at radius 2 is 1.83 bits per heavy atom. The normalized spacial score (nSPS) is 12.2. The first-order valence-electron chi connectivity index (χ1n) is 11.2. The van der Waals surface area contributed by atoms with E-state index in [9.17, 15) is 9.59 Å². The molecule has 0 saturated heterocycles. The van der Waals surface area contributed by atoms with Gasteiger partial charge in [-0.1, -0.05) is 30.3 Å². The number of fused-ring (bicyclic) bond motifs is 1. The summed E-state index contributed by atoms with van der Waals surface area (Å²) in [7, 11) is 0. The van der Waals surface area contributed by atoms with Crippen LogP contribution in [0.3, 0.4) is 0 Å². The lowest BCUT2D eigenvalue weighted by Crippen LogP contribution is -2.30. The molecule has 1 aliphatic rings. The van der Waals surface area contributed by atoms with Gasteiger partial charge in [-0.15, -0.1) is 11.3 Å². The third-order valence-electron chi connectivity index (χ3n) is 5.37. The van der Waals surface area contributed by atoms with Crippen LogP contribution in [0.5, 0.6) is 11.5 Å². The minimum absolute atomic E-state index is 0.253. The number of thiophene rings is 1.